The average molecular weight is 395 g/mol. The highest BCUT2D eigenvalue weighted by atomic mass is 127. The molecular formula is C15H11FIN3O. The number of nitrogens with zero attached hydrogens (tertiary/aromatic N) is 2. The van der Waals surface area contributed by atoms with Gasteiger partial charge in [-0.2, -0.15) is 4.98 Å². The molecule has 4 nitrogen and oxygen atoms in total. The fourth-order valence-corrected chi connectivity index (χ4v) is 2.44. The number of benzene rings is 2. The first-order valence-corrected chi connectivity index (χ1v) is 7.28. The summed E-state index contributed by atoms with van der Waals surface area (Å²) >= 11 is 2.19. The van der Waals surface area contributed by atoms with E-state index in [9.17, 15) is 4.39 Å². The maximum Gasteiger partial charge on any atom is 0.260 e. The number of hydrogen-bond acceptors (Lipinski definition) is 4. The van der Waals surface area contributed by atoms with E-state index in [4.69, 9.17) is 10.3 Å². The van der Waals surface area contributed by atoms with E-state index in [0.29, 0.717) is 34.1 Å². The lowest BCUT2D eigenvalue weighted by Gasteiger charge is -2.00. The van der Waals surface area contributed by atoms with Crippen LogP contribution in [0.15, 0.2) is 40.9 Å². The molecule has 3 aromatic rings. The molecule has 2 N–H and O–H groups in total. The Labute approximate surface area is 134 Å². The van der Waals surface area contributed by atoms with E-state index in [1.165, 1.54) is 6.07 Å². The lowest BCUT2D eigenvalue weighted by molar-refractivity contribution is 0.432. The van der Waals surface area contributed by atoms with Gasteiger partial charge in [-0.3, -0.25) is 0 Å². The van der Waals surface area contributed by atoms with Crippen LogP contribution in [-0.4, -0.2) is 10.1 Å². The van der Waals surface area contributed by atoms with Crippen LogP contribution in [0.3, 0.4) is 0 Å². The van der Waals surface area contributed by atoms with E-state index in [-0.39, 0.29) is 5.82 Å². The van der Waals surface area contributed by atoms with Gasteiger partial charge >= 0.3 is 0 Å². The lowest BCUT2D eigenvalue weighted by atomic mass is 10.1. The molecule has 0 saturated heterocycles. The molecule has 1 heterocycles. The first-order chi connectivity index (χ1) is 10.0. The largest absolute Gasteiger partial charge is 0.398 e. The SMILES string of the molecule is Cc1cc(-c2noc(-c3cc(I)ccc3N)n2)ccc1F. The number of hydrogen-bond donors (Lipinski definition) is 1. The van der Waals surface area contributed by atoms with E-state index in [0.717, 1.165) is 3.57 Å². The van der Waals surface area contributed by atoms with Gasteiger partial charge in [0.2, 0.25) is 5.82 Å². The maximum absolute atomic E-state index is 13.3. The fourth-order valence-electron chi connectivity index (χ4n) is 1.95. The molecule has 21 heavy (non-hydrogen) atoms. The van der Waals surface area contributed by atoms with Crippen molar-refractivity contribution in [3.63, 3.8) is 0 Å². The summed E-state index contributed by atoms with van der Waals surface area (Å²) in [6, 6.07) is 10.3. The predicted octanol–water partition coefficient (Wildman–Crippen LogP) is 4.04. The Morgan fingerprint density at radius 2 is 2.00 bits per heavy atom. The average Bonchev–Trinajstić information content (AvgIpc) is 2.94. The molecule has 0 unspecified atom stereocenters. The molecule has 0 radical (unpaired) electrons. The molecular weight excluding hydrogens is 384 g/mol. The Balaban J connectivity index is 2.03. The van der Waals surface area contributed by atoms with Crippen molar-refractivity contribution in [3.8, 4) is 22.8 Å². The van der Waals surface area contributed by atoms with Crippen LogP contribution < -0.4 is 5.73 Å². The zero-order valence-electron chi connectivity index (χ0n) is 11.1. The molecule has 0 amide bonds. The van der Waals surface area contributed by atoms with Gasteiger partial charge in [-0.1, -0.05) is 5.16 Å². The van der Waals surface area contributed by atoms with Crippen molar-refractivity contribution in [1.82, 2.24) is 10.1 Å². The van der Waals surface area contributed by atoms with Crippen molar-refractivity contribution in [3.05, 3.63) is 51.3 Å². The van der Waals surface area contributed by atoms with Gasteiger partial charge in [-0.05, 0) is 71.5 Å². The Kier molecular flexibility index (Phi) is 3.62. The van der Waals surface area contributed by atoms with Crippen molar-refractivity contribution in [1.29, 1.82) is 0 Å². The van der Waals surface area contributed by atoms with Crippen molar-refractivity contribution < 1.29 is 8.91 Å². The summed E-state index contributed by atoms with van der Waals surface area (Å²) < 4.78 is 19.6. The van der Waals surface area contributed by atoms with Gasteiger partial charge in [-0.15, -0.1) is 0 Å². The van der Waals surface area contributed by atoms with Gasteiger partial charge in [-0.25, -0.2) is 4.39 Å². The minimum atomic E-state index is -0.260. The molecule has 3 rings (SSSR count). The molecule has 1 aromatic heterocycles. The van der Waals surface area contributed by atoms with Crippen molar-refractivity contribution >= 4 is 28.3 Å². The molecule has 106 valence electrons. The highest BCUT2D eigenvalue weighted by molar-refractivity contribution is 14.1. The third-order valence-corrected chi connectivity index (χ3v) is 3.76. The predicted molar refractivity (Wildman–Crippen MR) is 87.0 cm³/mol. The molecule has 0 spiro atoms. The van der Waals surface area contributed by atoms with Crippen LogP contribution in [0.2, 0.25) is 0 Å². The first kappa shape index (κ1) is 14.0. The molecule has 0 atom stereocenters. The minimum absolute atomic E-state index is 0.260. The molecule has 6 heteroatoms. The van der Waals surface area contributed by atoms with Crippen LogP contribution in [0.1, 0.15) is 5.56 Å². The summed E-state index contributed by atoms with van der Waals surface area (Å²) in [7, 11) is 0. The molecule has 0 saturated carbocycles. The second-order valence-electron chi connectivity index (χ2n) is 4.62. The van der Waals surface area contributed by atoms with Crippen molar-refractivity contribution in [2.75, 3.05) is 5.73 Å². The van der Waals surface area contributed by atoms with Gasteiger partial charge < -0.3 is 10.3 Å². The molecule has 2 aromatic carbocycles. The van der Waals surface area contributed by atoms with Crippen LogP contribution in [0.25, 0.3) is 22.8 Å². The van der Waals surface area contributed by atoms with Crippen LogP contribution in [0.5, 0.6) is 0 Å². The van der Waals surface area contributed by atoms with Gasteiger partial charge in [0.05, 0.1) is 5.56 Å². The molecule has 0 bridgehead atoms. The summed E-state index contributed by atoms with van der Waals surface area (Å²) in [4.78, 5) is 4.34. The second-order valence-corrected chi connectivity index (χ2v) is 5.86. The number of aromatic nitrogens is 2. The van der Waals surface area contributed by atoms with E-state index >= 15 is 0 Å². The molecule has 0 aliphatic heterocycles. The van der Waals surface area contributed by atoms with E-state index in [1.807, 2.05) is 12.1 Å². The number of nitrogen functional groups attached to an aromatic ring is 1. The topological polar surface area (TPSA) is 64.9 Å². The Hall–Kier alpha value is -1.96. The molecule has 0 fully saturated rings. The highest BCUT2D eigenvalue weighted by Crippen LogP contribution is 2.28. The van der Waals surface area contributed by atoms with E-state index in [1.54, 1.807) is 25.1 Å². The second kappa shape index (κ2) is 5.44. The summed E-state index contributed by atoms with van der Waals surface area (Å²) in [5.41, 5.74) is 8.43. The fraction of sp³-hybridized carbons (Fsp3) is 0.0667. The normalized spacial score (nSPS) is 10.8. The number of nitrogens with two attached hydrogens (primary N) is 1. The smallest absolute Gasteiger partial charge is 0.260 e. The number of aryl methyl sites for hydroxylation is 1. The van der Waals surface area contributed by atoms with Crippen molar-refractivity contribution in [2.24, 2.45) is 0 Å². The van der Waals surface area contributed by atoms with Gasteiger partial charge in [0.25, 0.3) is 5.89 Å². The first-order valence-electron chi connectivity index (χ1n) is 6.20. The summed E-state index contributed by atoms with van der Waals surface area (Å²) in [5.74, 6) is 0.499. The molecule has 0 aliphatic carbocycles. The quantitative estimate of drug-likeness (QED) is 0.526. The van der Waals surface area contributed by atoms with Gasteiger partial charge in [0, 0.05) is 14.8 Å². The monoisotopic (exact) mass is 395 g/mol. The van der Waals surface area contributed by atoms with Crippen molar-refractivity contribution in [2.45, 2.75) is 6.92 Å². The van der Waals surface area contributed by atoms with E-state index in [2.05, 4.69) is 32.7 Å². The van der Waals surface area contributed by atoms with Crippen LogP contribution in [0, 0.1) is 16.3 Å². The van der Waals surface area contributed by atoms with Crippen LogP contribution in [-0.2, 0) is 0 Å². The summed E-state index contributed by atoms with van der Waals surface area (Å²) in [6.45, 7) is 1.69. The van der Waals surface area contributed by atoms with E-state index < -0.39 is 0 Å². The standard InChI is InChI=1S/C15H11FIN3O/c1-8-6-9(2-4-12(8)16)14-19-15(21-20-14)11-7-10(17)3-5-13(11)18/h2-7H,18H2,1H3. The van der Waals surface area contributed by atoms with Crippen LogP contribution in [0.4, 0.5) is 10.1 Å². The van der Waals surface area contributed by atoms with Gasteiger partial charge in [0.1, 0.15) is 5.82 Å². The Morgan fingerprint density at radius 1 is 1.19 bits per heavy atom. The zero-order valence-corrected chi connectivity index (χ0v) is 13.3. The molecule has 0 aliphatic rings. The maximum atomic E-state index is 13.3. The number of halogens is 2. The van der Waals surface area contributed by atoms with Crippen LogP contribution >= 0.6 is 22.6 Å². The number of rotatable bonds is 2. The van der Waals surface area contributed by atoms with Gasteiger partial charge in [0.15, 0.2) is 0 Å². The Bertz CT molecular complexity index is 816. The summed E-state index contributed by atoms with van der Waals surface area (Å²) in [6.07, 6.45) is 0. The highest BCUT2D eigenvalue weighted by Gasteiger charge is 2.14. The summed E-state index contributed by atoms with van der Waals surface area (Å²) in [5, 5.41) is 3.94. The Morgan fingerprint density at radius 3 is 2.76 bits per heavy atom. The number of anilines is 1. The minimum Gasteiger partial charge on any atom is -0.398 e. The lowest BCUT2D eigenvalue weighted by Crippen LogP contribution is -1.91. The zero-order chi connectivity index (χ0) is 15.0. The third kappa shape index (κ3) is 2.76. The third-order valence-electron chi connectivity index (χ3n) is 3.09.